The zero-order valence-corrected chi connectivity index (χ0v) is 13.0. The highest BCUT2D eigenvalue weighted by molar-refractivity contribution is 5.85. The molecule has 0 aromatic heterocycles. The first kappa shape index (κ1) is 16.7. The fourth-order valence-corrected chi connectivity index (χ4v) is 3.06. The molecule has 1 unspecified atom stereocenters. The predicted octanol–water partition coefficient (Wildman–Crippen LogP) is 1.21. The Bertz CT molecular complexity index is 280. The molecule has 0 radical (unpaired) electrons. The monoisotopic (exact) mass is 289 g/mol. The molecule has 2 rings (SSSR count). The number of hydrogen-bond acceptors (Lipinski definition) is 3. The Morgan fingerprint density at radius 2 is 1.89 bits per heavy atom. The van der Waals surface area contributed by atoms with Crippen LogP contribution in [0.4, 0.5) is 0 Å². The van der Waals surface area contributed by atoms with Gasteiger partial charge in [0.25, 0.3) is 0 Å². The summed E-state index contributed by atoms with van der Waals surface area (Å²) < 4.78 is 0. The highest BCUT2D eigenvalue weighted by Gasteiger charge is 2.26. The molecule has 4 nitrogen and oxygen atoms in total. The molecule has 0 aromatic rings. The van der Waals surface area contributed by atoms with Gasteiger partial charge in [-0.3, -0.25) is 9.69 Å². The highest BCUT2D eigenvalue weighted by atomic mass is 35.5. The maximum atomic E-state index is 12.2. The van der Waals surface area contributed by atoms with Gasteiger partial charge in [-0.1, -0.05) is 6.92 Å². The number of carbonyl (C=O) groups is 1. The molecule has 0 bridgehead atoms. The van der Waals surface area contributed by atoms with Crippen LogP contribution in [0.1, 0.15) is 26.2 Å². The van der Waals surface area contributed by atoms with Crippen molar-refractivity contribution in [2.24, 2.45) is 11.8 Å². The maximum absolute atomic E-state index is 12.2. The van der Waals surface area contributed by atoms with Gasteiger partial charge in [-0.05, 0) is 51.2 Å². The number of nitrogens with zero attached hydrogens (tertiary/aromatic N) is 2. The minimum absolute atomic E-state index is 0. The van der Waals surface area contributed by atoms with E-state index in [0.29, 0.717) is 12.5 Å². The van der Waals surface area contributed by atoms with Crippen molar-refractivity contribution >= 4 is 18.3 Å². The molecule has 2 heterocycles. The van der Waals surface area contributed by atoms with E-state index in [1.165, 1.54) is 19.3 Å². The van der Waals surface area contributed by atoms with Crippen LogP contribution in [-0.2, 0) is 4.79 Å². The first-order valence-electron chi connectivity index (χ1n) is 7.33. The lowest BCUT2D eigenvalue weighted by Gasteiger charge is -2.31. The smallest absolute Gasteiger partial charge is 0.236 e. The quantitative estimate of drug-likeness (QED) is 0.845. The minimum Gasteiger partial charge on any atom is -0.342 e. The predicted molar refractivity (Wildman–Crippen MR) is 80.7 cm³/mol. The van der Waals surface area contributed by atoms with Gasteiger partial charge in [0.15, 0.2) is 0 Å². The normalized spacial score (nSPS) is 25.4. The lowest BCUT2D eigenvalue weighted by Crippen LogP contribution is -2.43. The van der Waals surface area contributed by atoms with Crippen LogP contribution >= 0.6 is 12.4 Å². The molecule has 5 heteroatoms. The molecule has 2 aliphatic rings. The average Bonchev–Trinajstić information content (AvgIpc) is 2.78. The van der Waals surface area contributed by atoms with Crippen LogP contribution in [0.5, 0.6) is 0 Å². The van der Waals surface area contributed by atoms with Gasteiger partial charge < -0.3 is 10.2 Å². The van der Waals surface area contributed by atoms with Crippen LogP contribution in [0.2, 0.25) is 0 Å². The molecule has 2 aliphatic heterocycles. The van der Waals surface area contributed by atoms with E-state index in [0.717, 1.165) is 44.6 Å². The average molecular weight is 290 g/mol. The van der Waals surface area contributed by atoms with E-state index in [9.17, 15) is 4.79 Å². The molecule has 2 saturated heterocycles. The number of likely N-dealkylation sites (tertiary alicyclic amines) is 2. The van der Waals surface area contributed by atoms with Gasteiger partial charge in [-0.25, -0.2) is 0 Å². The summed E-state index contributed by atoms with van der Waals surface area (Å²) >= 11 is 0. The van der Waals surface area contributed by atoms with Gasteiger partial charge in [0.2, 0.25) is 5.91 Å². The van der Waals surface area contributed by atoms with Crippen molar-refractivity contribution in [3.63, 3.8) is 0 Å². The zero-order chi connectivity index (χ0) is 13.0. The topological polar surface area (TPSA) is 35.6 Å². The molecular weight excluding hydrogens is 262 g/mol. The number of hydrogen-bond donors (Lipinski definition) is 1. The maximum Gasteiger partial charge on any atom is 0.236 e. The van der Waals surface area contributed by atoms with Crippen molar-refractivity contribution in [1.82, 2.24) is 15.1 Å². The Hall–Kier alpha value is -0.320. The van der Waals surface area contributed by atoms with Crippen molar-refractivity contribution in [1.29, 1.82) is 0 Å². The first-order valence-corrected chi connectivity index (χ1v) is 7.33. The molecule has 0 aliphatic carbocycles. The van der Waals surface area contributed by atoms with E-state index in [1.807, 2.05) is 7.05 Å². The Labute approximate surface area is 123 Å². The molecule has 1 atom stereocenters. The standard InChI is InChI=1S/C14H27N3O.ClH/c1-12-3-7-17(8-4-12)14(18)11-16-6-5-13(10-16)9-15-2;/h12-13,15H,3-11H2,1-2H3;1H. The molecule has 1 N–H and O–H groups in total. The van der Waals surface area contributed by atoms with Gasteiger partial charge in [0.1, 0.15) is 0 Å². The number of halogens is 1. The van der Waals surface area contributed by atoms with Crippen molar-refractivity contribution in [3.8, 4) is 0 Å². The highest BCUT2D eigenvalue weighted by Crippen LogP contribution is 2.18. The summed E-state index contributed by atoms with van der Waals surface area (Å²) in [6, 6.07) is 0. The van der Waals surface area contributed by atoms with Gasteiger partial charge in [-0.15, -0.1) is 12.4 Å². The Morgan fingerprint density at radius 3 is 2.53 bits per heavy atom. The second kappa shape index (κ2) is 8.08. The van der Waals surface area contributed by atoms with E-state index in [-0.39, 0.29) is 12.4 Å². The molecular formula is C14H28ClN3O. The number of rotatable bonds is 4. The zero-order valence-electron chi connectivity index (χ0n) is 12.2. The van der Waals surface area contributed by atoms with Crippen LogP contribution in [0.3, 0.4) is 0 Å². The Balaban J connectivity index is 0.00000180. The molecule has 0 aromatic carbocycles. The number of carbonyl (C=O) groups excluding carboxylic acids is 1. The number of nitrogens with one attached hydrogen (secondary N) is 1. The van der Waals surface area contributed by atoms with Crippen LogP contribution in [0.25, 0.3) is 0 Å². The third kappa shape index (κ3) is 4.93. The molecule has 2 fully saturated rings. The van der Waals surface area contributed by atoms with Crippen molar-refractivity contribution in [2.45, 2.75) is 26.2 Å². The fraction of sp³-hybridized carbons (Fsp3) is 0.929. The van der Waals surface area contributed by atoms with E-state index < -0.39 is 0 Å². The lowest BCUT2D eigenvalue weighted by molar-refractivity contribution is -0.133. The van der Waals surface area contributed by atoms with Crippen molar-refractivity contribution < 1.29 is 4.79 Å². The van der Waals surface area contributed by atoms with E-state index in [4.69, 9.17) is 0 Å². The summed E-state index contributed by atoms with van der Waals surface area (Å²) in [6.07, 6.45) is 3.58. The molecule has 112 valence electrons. The fourth-order valence-electron chi connectivity index (χ4n) is 3.06. The van der Waals surface area contributed by atoms with Gasteiger partial charge in [0.05, 0.1) is 6.54 Å². The Morgan fingerprint density at radius 1 is 1.21 bits per heavy atom. The van der Waals surface area contributed by atoms with Crippen LogP contribution in [-0.4, -0.2) is 62.0 Å². The van der Waals surface area contributed by atoms with Crippen LogP contribution in [0, 0.1) is 11.8 Å². The second-order valence-electron chi connectivity index (χ2n) is 6.01. The summed E-state index contributed by atoms with van der Waals surface area (Å²) in [6.45, 7) is 8.09. The second-order valence-corrected chi connectivity index (χ2v) is 6.01. The third-order valence-electron chi connectivity index (χ3n) is 4.36. The number of amides is 1. The SMILES string of the molecule is CNCC1CCN(CC(=O)N2CCC(C)CC2)C1.Cl. The summed E-state index contributed by atoms with van der Waals surface area (Å²) in [5, 5.41) is 3.23. The lowest BCUT2D eigenvalue weighted by atomic mass is 9.99. The van der Waals surface area contributed by atoms with E-state index in [2.05, 4.69) is 22.0 Å². The third-order valence-corrected chi connectivity index (χ3v) is 4.36. The summed E-state index contributed by atoms with van der Waals surface area (Å²) in [4.78, 5) is 16.6. The van der Waals surface area contributed by atoms with E-state index in [1.54, 1.807) is 0 Å². The summed E-state index contributed by atoms with van der Waals surface area (Å²) in [5.41, 5.74) is 0. The van der Waals surface area contributed by atoms with Gasteiger partial charge in [0, 0.05) is 19.6 Å². The van der Waals surface area contributed by atoms with Gasteiger partial charge in [-0.2, -0.15) is 0 Å². The molecule has 19 heavy (non-hydrogen) atoms. The van der Waals surface area contributed by atoms with Crippen LogP contribution < -0.4 is 5.32 Å². The van der Waals surface area contributed by atoms with Crippen molar-refractivity contribution in [3.05, 3.63) is 0 Å². The van der Waals surface area contributed by atoms with Crippen LogP contribution in [0.15, 0.2) is 0 Å². The molecule has 1 amide bonds. The Kier molecular flexibility index (Phi) is 7.11. The van der Waals surface area contributed by atoms with Gasteiger partial charge >= 0.3 is 0 Å². The minimum atomic E-state index is 0. The number of piperidine rings is 1. The van der Waals surface area contributed by atoms with E-state index >= 15 is 0 Å². The summed E-state index contributed by atoms with van der Waals surface area (Å²) in [7, 11) is 2.00. The molecule has 0 spiro atoms. The first-order chi connectivity index (χ1) is 8.69. The molecule has 0 saturated carbocycles. The summed E-state index contributed by atoms with van der Waals surface area (Å²) in [5.74, 6) is 1.86. The largest absolute Gasteiger partial charge is 0.342 e. The van der Waals surface area contributed by atoms with Crippen molar-refractivity contribution in [2.75, 3.05) is 46.3 Å².